The number of rotatable bonds is 11. The Balaban J connectivity index is 1.11. The number of anilines is 2. The molecule has 50 heavy (non-hydrogen) atoms. The van der Waals surface area contributed by atoms with Gasteiger partial charge in [0.1, 0.15) is 32.2 Å². The monoisotopic (exact) mass is 730 g/mol. The van der Waals surface area contributed by atoms with Gasteiger partial charge in [0.2, 0.25) is 5.95 Å². The predicted molar refractivity (Wildman–Crippen MR) is 194 cm³/mol. The Morgan fingerprint density at radius 3 is 2.42 bits per heavy atom. The summed E-state index contributed by atoms with van der Waals surface area (Å²) in [4.78, 5) is 14.5. The number of alkyl halides is 3. The summed E-state index contributed by atoms with van der Waals surface area (Å²) in [6.07, 6.45) is -0.0322. The van der Waals surface area contributed by atoms with Crippen molar-refractivity contribution in [2.24, 2.45) is 0 Å². The molecule has 0 aliphatic carbocycles. The van der Waals surface area contributed by atoms with E-state index in [-0.39, 0.29) is 22.2 Å². The van der Waals surface area contributed by atoms with Crippen molar-refractivity contribution in [3.8, 4) is 6.07 Å². The summed E-state index contributed by atoms with van der Waals surface area (Å²) in [6.45, 7) is 8.91. The van der Waals surface area contributed by atoms with Crippen molar-refractivity contribution in [2.45, 2.75) is 89.0 Å². The summed E-state index contributed by atoms with van der Waals surface area (Å²) in [6, 6.07) is 10.6. The topological polar surface area (TPSA) is 119 Å². The number of hydrogen-bond acceptors (Lipinski definition) is 10. The normalized spacial score (nSPS) is 18.1. The van der Waals surface area contributed by atoms with E-state index in [0.717, 1.165) is 79.8 Å². The summed E-state index contributed by atoms with van der Waals surface area (Å²) >= 11 is 1.05. The molecule has 0 saturated carbocycles. The number of likely N-dealkylation sites (tertiary alicyclic amines) is 2. The number of aromatic nitrogens is 3. The first-order valence-corrected chi connectivity index (χ1v) is 20.0. The zero-order valence-corrected chi connectivity index (χ0v) is 30.6. The van der Waals surface area contributed by atoms with Gasteiger partial charge < -0.3 is 15.2 Å². The Morgan fingerprint density at radius 2 is 1.80 bits per heavy atom. The van der Waals surface area contributed by atoms with Crippen molar-refractivity contribution in [3.05, 3.63) is 46.0 Å². The molecule has 2 N–H and O–H groups in total. The summed E-state index contributed by atoms with van der Waals surface area (Å²) in [5.41, 5.74) is 4.05. The van der Waals surface area contributed by atoms with Gasteiger partial charge in [-0.1, -0.05) is 13.0 Å². The van der Waals surface area contributed by atoms with Gasteiger partial charge in [-0.25, -0.2) is 13.4 Å². The number of nitrogens with one attached hydrogen (secondary N) is 2. The summed E-state index contributed by atoms with van der Waals surface area (Å²) in [5, 5.41) is 18.0. The molecule has 1 atom stereocenters. The molecule has 3 aromatic heterocycles. The second-order valence-electron chi connectivity index (χ2n) is 13.7. The Bertz CT molecular complexity index is 1990. The second kappa shape index (κ2) is 14.7. The molecule has 0 amide bonds. The highest BCUT2D eigenvalue weighted by Gasteiger charge is 2.31. The van der Waals surface area contributed by atoms with Crippen LogP contribution < -0.4 is 10.6 Å². The van der Waals surface area contributed by atoms with Crippen LogP contribution >= 0.6 is 11.3 Å². The molecule has 1 aromatic carbocycles. The van der Waals surface area contributed by atoms with Gasteiger partial charge in [-0.05, 0) is 81.4 Å². The van der Waals surface area contributed by atoms with E-state index in [1.807, 2.05) is 6.07 Å². The lowest BCUT2D eigenvalue weighted by Crippen LogP contribution is -2.46. The lowest BCUT2D eigenvalue weighted by atomic mass is 10.0. The first-order chi connectivity index (χ1) is 23.8. The van der Waals surface area contributed by atoms with Crippen LogP contribution in [0.15, 0.2) is 24.3 Å². The molecular weight excluding hydrogens is 686 g/mol. The van der Waals surface area contributed by atoms with Crippen LogP contribution in [0.25, 0.3) is 21.1 Å². The van der Waals surface area contributed by atoms with E-state index in [1.165, 1.54) is 11.8 Å². The molecule has 270 valence electrons. The zero-order valence-electron chi connectivity index (χ0n) is 29.0. The molecule has 2 saturated heterocycles. The summed E-state index contributed by atoms with van der Waals surface area (Å²) < 4.78 is 65.6. The molecule has 0 spiro atoms. The maximum Gasteiger partial charge on any atom is 0.393 e. The molecule has 2 aliphatic heterocycles. The number of nitrogens with zero attached hydrogens (tertiary/aromatic N) is 6. The van der Waals surface area contributed by atoms with Crippen molar-refractivity contribution in [2.75, 3.05) is 50.1 Å². The highest BCUT2D eigenvalue weighted by molar-refractivity contribution is 7.91. The molecule has 10 nitrogen and oxygen atoms in total. The van der Waals surface area contributed by atoms with Crippen molar-refractivity contribution >= 4 is 54.1 Å². The van der Waals surface area contributed by atoms with Crippen molar-refractivity contribution < 1.29 is 21.6 Å². The van der Waals surface area contributed by atoms with E-state index in [9.17, 15) is 26.9 Å². The van der Waals surface area contributed by atoms with Crippen LogP contribution in [0.5, 0.6) is 0 Å². The third-order valence-electron chi connectivity index (χ3n) is 10.4. The van der Waals surface area contributed by atoms with Crippen LogP contribution in [0, 0.1) is 18.3 Å². The maximum atomic E-state index is 13.1. The molecular formula is C35H45F3N8O2S2. The number of thiophene rings is 1. The van der Waals surface area contributed by atoms with Crippen molar-refractivity contribution in [3.63, 3.8) is 0 Å². The number of benzene rings is 1. The van der Waals surface area contributed by atoms with E-state index in [1.54, 1.807) is 13.1 Å². The number of piperidine rings is 2. The van der Waals surface area contributed by atoms with Gasteiger partial charge in [0.05, 0.1) is 17.1 Å². The van der Waals surface area contributed by atoms with Gasteiger partial charge in [-0.3, -0.25) is 9.80 Å². The van der Waals surface area contributed by atoms with Crippen LogP contribution in [0.1, 0.15) is 60.7 Å². The first kappa shape index (κ1) is 36.3. The SMILES string of the molecule is CC[C@@H](Cn1c(C#N)cc2c(C)c(CN3CCC(Nc4nc(NC)nc5sc(CC(F)(F)F)cc45)CC3)ccc21)N1CCC(S(C)(=O)=O)CC1. The lowest BCUT2D eigenvalue weighted by molar-refractivity contribution is -0.126. The zero-order chi connectivity index (χ0) is 35.8. The molecule has 0 unspecified atom stereocenters. The van der Waals surface area contributed by atoms with E-state index in [2.05, 4.69) is 67.0 Å². The highest BCUT2D eigenvalue weighted by atomic mass is 32.2. The Kier molecular flexibility index (Phi) is 10.7. The fourth-order valence-electron chi connectivity index (χ4n) is 7.51. The molecule has 0 bridgehead atoms. The molecule has 0 radical (unpaired) electrons. The number of fused-ring (bicyclic) bond motifs is 2. The number of sulfone groups is 1. The third kappa shape index (κ3) is 8.03. The van der Waals surface area contributed by atoms with Gasteiger partial charge in [0, 0.05) is 67.3 Å². The van der Waals surface area contributed by atoms with Crippen molar-refractivity contribution in [1.82, 2.24) is 24.3 Å². The number of hydrogen-bond donors (Lipinski definition) is 2. The number of nitriles is 1. The second-order valence-corrected chi connectivity index (χ2v) is 17.2. The average molecular weight is 731 g/mol. The standard InChI is InChI=1S/C35H45F3N8O2S2/c1-5-25(45-14-10-28(11-15-45)50(4,47)48)21-46-26(19-39)16-29-22(2)23(6-7-31(29)46)20-44-12-8-24(9-13-44)41-32-30-17-27(18-35(36,37)38)49-33(30)43-34(40-3)42-32/h6-7,16-17,24-25,28H,5,8-15,18,20-21H2,1-4H3,(H2,40,41,42,43)/t25-/m0/s1. The summed E-state index contributed by atoms with van der Waals surface area (Å²) in [5.74, 6) is 0.932. The fraction of sp³-hybridized carbons (Fsp3) is 0.571. The minimum Gasteiger partial charge on any atom is -0.367 e. The highest BCUT2D eigenvalue weighted by Crippen LogP contribution is 2.35. The molecule has 2 aliphatic rings. The minimum absolute atomic E-state index is 0.125. The van der Waals surface area contributed by atoms with Crippen LogP contribution in [0.3, 0.4) is 0 Å². The number of halogens is 3. The van der Waals surface area contributed by atoms with E-state index >= 15 is 0 Å². The molecule has 6 rings (SSSR count). The van der Waals surface area contributed by atoms with E-state index < -0.39 is 22.4 Å². The average Bonchev–Trinajstić information content (AvgIpc) is 3.65. The lowest BCUT2D eigenvalue weighted by Gasteiger charge is -2.37. The Hall–Kier alpha value is -3.45. The smallest absolute Gasteiger partial charge is 0.367 e. The predicted octanol–water partition coefficient (Wildman–Crippen LogP) is 6.34. The van der Waals surface area contributed by atoms with Crippen LogP contribution in [0.2, 0.25) is 0 Å². The molecule has 15 heteroatoms. The Labute approximate surface area is 295 Å². The quantitative estimate of drug-likeness (QED) is 0.182. The van der Waals surface area contributed by atoms with E-state index in [4.69, 9.17) is 0 Å². The van der Waals surface area contributed by atoms with Gasteiger partial charge in [-0.2, -0.15) is 23.4 Å². The van der Waals surface area contributed by atoms with E-state index in [0.29, 0.717) is 47.1 Å². The largest absolute Gasteiger partial charge is 0.393 e. The van der Waals surface area contributed by atoms with Crippen molar-refractivity contribution in [1.29, 1.82) is 5.26 Å². The minimum atomic E-state index is -4.29. The van der Waals surface area contributed by atoms with Gasteiger partial charge >= 0.3 is 6.18 Å². The van der Waals surface area contributed by atoms with Gasteiger partial charge in [0.15, 0.2) is 0 Å². The maximum absolute atomic E-state index is 13.1. The third-order valence-corrected chi connectivity index (χ3v) is 13.1. The van der Waals surface area contributed by atoms with Gasteiger partial charge in [-0.15, -0.1) is 11.3 Å². The molecule has 4 aromatic rings. The Morgan fingerprint density at radius 1 is 1.08 bits per heavy atom. The van der Waals surface area contributed by atoms with Crippen LogP contribution in [-0.2, 0) is 29.3 Å². The van der Waals surface area contributed by atoms with Gasteiger partial charge in [0.25, 0.3) is 0 Å². The fourth-order valence-corrected chi connectivity index (χ4v) is 9.64. The molecule has 5 heterocycles. The molecule has 2 fully saturated rings. The summed E-state index contributed by atoms with van der Waals surface area (Å²) in [7, 11) is -1.34. The van der Waals surface area contributed by atoms with Crippen LogP contribution in [0.4, 0.5) is 24.9 Å². The first-order valence-electron chi connectivity index (χ1n) is 17.2. The van der Waals surface area contributed by atoms with Crippen LogP contribution in [-0.4, -0.2) is 95.7 Å². The number of aryl methyl sites for hydroxylation is 1.